The number of anilines is 1. The van der Waals surface area contributed by atoms with Crippen molar-refractivity contribution in [2.45, 2.75) is 19.4 Å². The highest BCUT2D eigenvalue weighted by atomic mass is 35.5. The second kappa shape index (κ2) is 9.03. The number of para-hydroxylation sites is 1. The Bertz CT molecular complexity index is 739. The van der Waals surface area contributed by atoms with E-state index >= 15 is 0 Å². The summed E-state index contributed by atoms with van der Waals surface area (Å²) in [5.41, 5.74) is 0.239. The van der Waals surface area contributed by atoms with Crippen LogP contribution in [-0.2, 0) is 14.3 Å². The summed E-state index contributed by atoms with van der Waals surface area (Å²) in [4.78, 5) is 23.8. The summed E-state index contributed by atoms with van der Waals surface area (Å²) in [6, 6.07) is 12.6. The fourth-order valence-electron chi connectivity index (χ4n) is 1.90. The molecule has 0 spiro atoms. The van der Waals surface area contributed by atoms with Gasteiger partial charge in [0.05, 0.1) is 23.7 Å². The van der Waals surface area contributed by atoms with Gasteiger partial charge < -0.3 is 14.8 Å². The fourth-order valence-corrected chi connectivity index (χ4v) is 2.12. The van der Waals surface area contributed by atoms with Gasteiger partial charge >= 0.3 is 5.97 Å². The summed E-state index contributed by atoms with van der Waals surface area (Å²) in [7, 11) is 0. The molecule has 5 nitrogen and oxygen atoms in total. The Labute approximate surface area is 149 Å². The van der Waals surface area contributed by atoms with Crippen LogP contribution >= 0.6 is 11.6 Å². The molecule has 0 heterocycles. The molecule has 132 valence electrons. The van der Waals surface area contributed by atoms with Crippen LogP contribution in [0, 0.1) is 5.82 Å². The number of ether oxygens (including phenoxy) is 2. The molecule has 0 aliphatic heterocycles. The molecule has 0 aliphatic rings. The van der Waals surface area contributed by atoms with Crippen LogP contribution in [0.3, 0.4) is 0 Å². The van der Waals surface area contributed by atoms with Crippen molar-refractivity contribution in [1.29, 1.82) is 0 Å². The quantitative estimate of drug-likeness (QED) is 0.757. The van der Waals surface area contributed by atoms with E-state index in [4.69, 9.17) is 21.1 Å². The first-order chi connectivity index (χ1) is 12.0. The van der Waals surface area contributed by atoms with E-state index in [1.807, 2.05) is 18.2 Å². The zero-order valence-electron chi connectivity index (χ0n) is 13.5. The summed E-state index contributed by atoms with van der Waals surface area (Å²) in [5.74, 6) is -0.998. The number of hydrogen-bond acceptors (Lipinski definition) is 4. The Morgan fingerprint density at radius 3 is 2.60 bits per heavy atom. The molecule has 25 heavy (non-hydrogen) atoms. The minimum absolute atomic E-state index is 0.00379. The van der Waals surface area contributed by atoms with Crippen molar-refractivity contribution >= 4 is 29.2 Å². The number of benzene rings is 2. The number of carbonyl (C=O) groups is 2. The summed E-state index contributed by atoms with van der Waals surface area (Å²) in [6.45, 7) is 1.57. The van der Waals surface area contributed by atoms with E-state index in [-0.39, 0.29) is 23.7 Å². The molecule has 2 rings (SSSR count). The summed E-state index contributed by atoms with van der Waals surface area (Å²) in [6.07, 6.45) is -1.02. The summed E-state index contributed by atoms with van der Waals surface area (Å²) < 4.78 is 23.4. The van der Waals surface area contributed by atoms with E-state index in [0.29, 0.717) is 5.75 Å². The van der Waals surface area contributed by atoms with Crippen molar-refractivity contribution in [3.63, 3.8) is 0 Å². The molecule has 0 fully saturated rings. The lowest BCUT2D eigenvalue weighted by atomic mass is 10.3. The molecule has 0 aliphatic carbocycles. The molecule has 0 saturated carbocycles. The second-order valence-corrected chi connectivity index (χ2v) is 5.56. The molecular weight excluding hydrogens is 349 g/mol. The fraction of sp³-hybridized carbons (Fsp3) is 0.222. The molecule has 2 aromatic carbocycles. The van der Waals surface area contributed by atoms with Crippen LogP contribution < -0.4 is 10.1 Å². The molecule has 2 aromatic rings. The smallest absolute Gasteiger partial charge is 0.310 e. The van der Waals surface area contributed by atoms with Crippen LogP contribution in [0.25, 0.3) is 0 Å². The van der Waals surface area contributed by atoms with Gasteiger partial charge in [-0.1, -0.05) is 29.8 Å². The van der Waals surface area contributed by atoms with Crippen molar-refractivity contribution < 1.29 is 23.5 Å². The van der Waals surface area contributed by atoms with Crippen molar-refractivity contribution in [2.75, 3.05) is 11.9 Å². The van der Waals surface area contributed by atoms with Crippen molar-refractivity contribution in [1.82, 2.24) is 0 Å². The molecule has 1 amide bonds. The van der Waals surface area contributed by atoms with Crippen LogP contribution in [0.1, 0.15) is 13.3 Å². The zero-order valence-corrected chi connectivity index (χ0v) is 14.3. The van der Waals surface area contributed by atoms with Crippen LogP contribution in [-0.4, -0.2) is 24.6 Å². The zero-order chi connectivity index (χ0) is 18.2. The summed E-state index contributed by atoms with van der Waals surface area (Å²) in [5, 5.41) is 2.54. The average Bonchev–Trinajstić information content (AvgIpc) is 2.58. The first-order valence-corrected chi connectivity index (χ1v) is 7.97. The number of carbonyl (C=O) groups excluding carboxylic acids is 2. The van der Waals surface area contributed by atoms with Gasteiger partial charge in [-0.25, -0.2) is 4.39 Å². The lowest BCUT2D eigenvalue weighted by molar-refractivity contribution is -0.153. The normalized spacial score (nSPS) is 11.5. The van der Waals surface area contributed by atoms with Crippen molar-refractivity contribution in [2.24, 2.45) is 0 Å². The first kappa shape index (κ1) is 18.7. The highest BCUT2D eigenvalue weighted by Crippen LogP contribution is 2.22. The van der Waals surface area contributed by atoms with E-state index in [9.17, 15) is 14.0 Å². The first-order valence-electron chi connectivity index (χ1n) is 7.59. The Kier molecular flexibility index (Phi) is 6.77. The predicted molar refractivity (Wildman–Crippen MR) is 92.1 cm³/mol. The molecule has 0 radical (unpaired) electrons. The SMILES string of the molecule is C[C@@H](OC(=O)CCOc1ccccc1)C(=O)Nc1ccc(F)cc1Cl. The number of amides is 1. The molecular formula is C18H17ClFNO4. The van der Waals surface area contributed by atoms with E-state index in [2.05, 4.69) is 5.32 Å². The van der Waals surface area contributed by atoms with Crippen LogP contribution in [0.4, 0.5) is 10.1 Å². The van der Waals surface area contributed by atoms with Gasteiger partial charge in [0.1, 0.15) is 11.6 Å². The van der Waals surface area contributed by atoms with Gasteiger partial charge in [0, 0.05) is 0 Å². The highest BCUT2D eigenvalue weighted by Gasteiger charge is 2.19. The van der Waals surface area contributed by atoms with Crippen molar-refractivity contribution in [3.8, 4) is 5.75 Å². The van der Waals surface area contributed by atoms with Crippen molar-refractivity contribution in [3.05, 3.63) is 59.4 Å². The topological polar surface area (TPSA) is 64.6 Å². The van der Waals surface area contributed by atoms with Gasteiger partial charge in [0.15, 0.2) is 6.10 Å². The molecule has 0 bridgehead atoms. The maximum atomic E-state index is 13.0. The standard InChI is InChI=1S/C18H17ClFNO4/c1-12(18(23)21-16-8-7-13(20)11-15(16)19)25-17(22)9-10-24-14-5-3-2-4-6-14/h2-8,11-12H,9-10H2,1H3,(H,21,23)/t12-/m1/s1. The molecule has 7 heteroatoms. The van der Waals surface area contributed by atoms with Crippen LogP contribution in [0.5, 0.6) is 5.75 Å². The molecule has 1 atom stereocenters. The lowest BCUT2D eigenvalue weighted by Crippen LogP contribution is -2.30. The van der Waals surface area contributed by atoms with E-state index < -0.39 is 23.8 Å². The van der Waals surface area contributed by atoms with Gasteiger partial charge in [-0.3, -0.25) is 9.59 Å². The Hall–Kier alpha value is -2.60. The Balaban J connectivity index is 1.77. The third-order valence-electron chi connectivity index (χ3n) is 3.18. The molecule has 1 N–H and O–H groups in total. The van der Waals surface area contributed by atoms with Gasteiger partial charge in [0.25, 0.3) is 5.91 Å². The maximum absolute atomic E-state index is 13.0. The minimum atomic E-state index is -1.02. The summed E-state index contributed by atoms with van der Waals surface area (Å²) >= 11 is 5.83. The van der Waals surface area contributed by atoms with Gasteiger partial charge in [-0.15, -0.1) is 0 Å². The Morgan fingerprint density at radius 2 is 1.92 bits per heavy atom. The van der Waals surface area contributed by atoms with E-state index in [1.165, 1.54) is 19.1 Å². The largest absolute Gasteiger partial charge is 0.493 e. The number of esters is 1. The minimum Gasteiger partial charge on any atom is -0.493 e. The Morgan fingerprint density at radius 1 is 1.20 bits per heavy atom. The number of halogens is 2. The monoisotopic (exact) mass is 365 g/mol. The van der Waals surface area contributed by atoms with Gasteiger partial charge in [-0.05, 0) is 37.3 Å². The number of nitrogens with one attached hydrogen (secondary N) is 1. The predicted octanol–water partition coefficient (Wildman–Crippen LogP) is 3.82. The second-order valence-electron chi connectivity index (χ2n) is 5.16. The van der Waals surface area contributed by atoms with Crippen LogP contribution in [0.2, 0.25) is 5.02 Å². The molecule has 0 unspecified atom stereocenters. The number of rotatable bonds is 7. The third kappa shape index (κ3) is 6.08. The molecule has 0 saturated heterocycles. The van der Waals surface area contributed by atoms with Gasteiger partial charge in [-0.2, -0.15) is 0 Å². The highest BCUT2D eigenvalue weighted by molar-refractivity contribution is 6.33. The maximum Gasteiger partial charge on any atom is 0.310 e. The average molecular weight is 366 g/mol. The molecule has 0 aromatic heterocycles. The van der Waals surface area contributed by atoms with Crippen LogP contribution in [0.15, 0.2) is 48.5 Å². The van der Waals surface area contributed by atoms with Gasteiger partial charge in [0.2, 0.25) is 0 Å². The third-order valence-corrected chi connectivity index (χ3v) is 3.50. The van der Waals surface area contributed by atoms with E-state index in [1.54, 1.807) is 12.1 Å². The van der Waals surface area contributed by atoms with E-state index in [0.717, 1.165) is 6.07 Å². The number of hydrogen-bond donors (Lipinski definition) is 1. The lowest BCUT2D eigenvalue weighted by Gasteiger charge is -2.14.